The molecule has 1 amide bonds. The van der Waals surface area contributed by atoms with Crippen molar-refractivity contribution in [3.05, 3.63) is 83.4 Å². The van der Waals surface area contributed by atoms with E-state index in [0.29, 0.717) is 24.1 Å². The molecule has 1 N–H and O–H groups in total. The molecule has 146 valence electrons. The Balaban J connectivity index is 1.25. The van der Waals surface area contributed by atoms with Crippen LogP contribution in [0.2, 0.25) is 0 Å². The molecule has 1 aromatic heterocycles. The first-order valence-electron chi connectivity index (χ1n) is 9.53. The van der Waals surface area contributed by atoms with Crippen LogP contribution in [0.1, 0.15) is 6.42 Å². The normalized spacial score (nSPS) is 10.9. The maximum Gasteiger partial charge on any atom is 0.261 e. The summed E-state index contributed by atoms with van der Waals surface area (Å²) in [6, 6.07) is 21.2. The van der Waals surface area contributed by atoms with Crippen LogP contribution in [0.3, 0.4) is 0 Å². The van der Waals surface area contributed by atoms with Gasteiger partial charge in [0.05, 0.1) is 23.8 Å². The number of aromatic nitrogens is 2. The molecular formula is C23H21N3O3. The van der Waals surface area contributed by atoms with Crippen molar-refractivity contribution in [2.45, 2.75) is 13.0 Å². The van der Waals surface area contributed by atoms with Crippen molar-refractivity contribution in [3.63, 3.8) is 0 Å². The second kappa shape index (κ2) is 8.56. The van der Waals surface area contributed by atoms with Crippen LogP contribution in [0.15, 0.2) is 77.9 Å². The minimum Gasteiger partial charge on any atom is -0.492 e. The van der Waals surface area contributed by atoms with Gasteiger partial charge in [-0.2, -0.15) is 0 Å². The summed E-state index contributed by atoms with van der Waals surface area (Å²) < 4.78 is 7.18. The molecule has 0 fully saturated rings. The Labute approximate surface area is 167 Å². The fourth-order valence-electron chi connectivity index (χ4n) is 3.19. The number of carbonyl (C=O) groups excluding carboxylic acids is 1. The number of amides is 1. The van der Waals surface area contributed by atoms with Crippen molar-refractivity contribution in [1.29, 1.82) is 0 Å². The summed E-state index contributed by atoms with van der Waals surface area (Å²) in [4.78, 5) is 28.8. The molecule has 0 spiro atoms. The van der Waals surface area contributed by atoms with E-state index in [1.165, 1.54) is 10.9 Å². The third kappa shape index (κ3) is 4.43. The molecule has 0 saturated carbocycles. The molecule has 0 bridgehead atoms. The lowest BCUT2D eigenvalue weighted by Crippen LogP contribution is -2.30. The summed E-state index contributed by atoms with van der Waals surface area (Å²) in [5.41, 5.74) is 0.520. The molecule has 0 aliphatic rings. The molecule has 6 nitrogen and oxygen atoms in total. The van der Waals surface area contributed by atoms with Gasteiger partial charge in [0.2, 0.25) is 5.91 Å². The van der Waals surface area contributed by atoms with Gasteiger partial charge in [0.25, 0.3) is 5.56 Å². The zero-order valence-electron chi connectivity index (χ0n) is 15.9. The molecule has 29 heavy (non-hydrogen) atoms. The highest BCUT2D eigenvalue weighted by atomic mass is 16.5. The summed E-state index contributed by atoms with van der Waals surface area (Å²) >= 11 is 0. The van der Waals surface area contributed by atoms with Gasteiger partial charge in [0, 0.05) is 13.0 Å². The summed E-state index contributed by atoms with van der Waals surface area (Å²) in [7, 11) is 0. The van der Waals surface area contributed by atoms with E-state index in [1.807, 2.05) is 42.5 Å². The third-order valence-electron chi connectivity index (χ3n) is 4.73. The summed E-state index contributed by atoms with van der Waals surface area (Å²) in [5.74, 6) is 0.638. The largest absolute Gasteiger partial charge is 0.492 e. The number of nitrogens with one attached hydrogen (secondary N) is 1. The molecule has 0 saturated heterocycles. The first-order valence-corrected chi connectivity index (χ1v) is 9.53. The van der Waals surface area contributed by atoms with E-state index in [0.717, 1.165) is 16.5 Å². The van der Waals surface area contributed by atoms with Gasteiger partial charge in [-0.3, -0.25) is 14.2 Å². The van der Waals surface area contributed by atoms with Gasteiger partial charge in [-0.15, -0.1) is 0 Å². The average Bonchev–Trinajstić information content (AvgIpc) is 2.76. The second-order valence-electron chi connectivity index (χ2n) is 6.72. The molecule has 3 aromatic carbocycles. The van der Waals surface area contributed by atoms with E-state index in [1.54, 1.807) is 18.2 Å². The number of nitrogens with zero attached hydrogens (tertiary/aromatic N) is 2. The average molecular weight is 387 g/mol. The lowest BCUT2D eigenvalue weighted by Gasteiger charge is -2.09. The van der Waals surface area contributed by atoms with E-state index in [4.69, 9.17) is 4.74 Å². The molecule has 0 unspecified atom stereocenters. The fourth-order valence-corrected chi connectivity index (χ4v) is 3.19. The van der Waals surface area contributed by atoms with Gasteiger partial charge in [-0.1, -0.05) is 42.5 Å². The topological polar surface area (TPSA) is 73.2 Å². The van der Waals surface area contributed by atoms with Crippen molar-refractivity contribution in [3.8, 4) is 5.75 Å². The molecule has 0 radical (unpaired) electrons. The summed E-state index contributed by atoms with van der Waals surface area (Å²) in [6.45, 7) is 1.06. The minimum atomic E-state index is -0.136. The Bertz CT molecular complexity index is 1220. The maximum atomic E-state index is 12.4. The van der Waals surface area contributed by atoms with Crippen molar-refractivity contribution < 1.29 is 9.53 Å². The molecule has 1 heterocycles. The first-order chi connectivity index (χ1) is 14.2. The third-order valence-corrected chi connectivity index (χ3v) is 4.73. The quantitative estimate of drug-likeness (QED) is 0.495. The van der Waals surface area contributed by atoms with Gasteiger partial charge in [0.15, 0.2) is 0 Å². The Morgan fingerprint density at radius 2 is 1.79 bits per heavy atom. The van der Waals surface area contributed by atoms with Crippen molar-refractivity contribution in [2.24, 2.45) is 0 Å². The molecule has 6 heteroatoms. The Morgan fingerprint density at radius 3 is 2.69 bits per heavy atom. The highest BCUT2D eigenvalue weighted by molar-refractivity contribution is 5.83. The number of rotatable bonds is 7. The molecule has 0 aliphatic carbocycles. The van der Waals surface area contributed by atoms with Crippen LogP contribution in [-0.2, 0) is 11.3 Å². The number of carbonyl (C=O) groups is 1. The predicted octanol–water partition coefficient (Wildman–Crippen LogP) is 3.14. The zero-order valence-corrected chi connectivity index (χ0v) is 15.9. The summed E-state index contributed by atoms with van der Waals surface area (Å²) in [6.07, 6.45) is 1.69. The van der Waals surface area contributed by atoms with Crippen molar-refractivity contribution in [2.75, 3.05) is 13.2 Å². The van der Waals surface area contributed by atoms with Crippen LogP contribution in [-0.4, -0.2) is 28.6 Å². The van der Waals surface area contributed by atoms with Crippen LogP contribution in [0, 0.1) is 0 Å². The van der Waals surface area contributed by atoms with Gasteiger partial charge in [-0.05, 0) is 35.0 Å². The second-order valence-corrected chi connectivity index (χ2v) is 6.72. The minimum absolute atomic E-state index is 0.132. The molecule has 4 aromatic rings. The Hall–Kier alpha value is -3.67. The van der Waals surface area contributed by atoms with Crippen LogP contribution in [0.25, 0.3) is 21.7 Å². The Kier molecular flexibility index (Phi) is 5.52. The highest BCUT2D eigenvalue weighted by Crippen LogP contribution is 2.20. The molecule has 4 rings (SSSR count). The number of benzene rings is 3. The zero-order chi connectivity index (χ0) is 20.1. The van der Waals surface area contributed by atoms with E-state index in [2.05, 4.69) is 16.4 Å². The number of hydrogen-bond donors (Lipinski definition) is 1. The van der Waals surface area contributed by atoms with E-state index in [-0.39, 0.29) is 24.4 Å². The summed E-state index contributed by atoms with van der Waals surface area (Å²) in [5, 5.41) is 5.65. The van der Waals surface area contributed by atoms with Crippen molar-refractivity contribution >= 4 is 27.6 Å². The number of aryl methyl sites for hydroxylation is 1. The van der Waals surface area contributed by atoms with Crippen LogP contribution >= 0.6 is 0 Å². The van der Waals surface area contributed by atoms with Gasteiger partial charge in [-0.25, -0.2) is 4.98 Å². The predicted molar refractivity (Wildman–Crippen MR) is 113 cm³/mol. The number of fused-ring (bicyclic) bond motifs is 2. The smallest absolute Gasteiger partial charge is 0.261 e. The standard InChI is InChI=1S/C23H21N3O3/c27-22(11-13-26-16-25-21-8-4-3-7-20(21)23(26)28)24-12-14-29-19-10-9-17-5-1-2-6-18(17)15-19/h1-10,15-16H,11-14H2,(H,24,27). The lowest BCUT2D eigenvalue weighted by atomic mass is 10.1. The lowest BCUT2D eigenvalue weighted by molar-refractivity contribution is -0.121. The molecular weight excluding hydrogens is 366 g/mol. The number of ether oxygens (including phenoxy) is 1. The van der Waals surface area contributed by atoms with Gasteiger partial charge in [0.1, 0.15) is 12.4 Å². The van der Waals surface area contributed by atoms with Gasteiger partial charge < -0.3 is 10.1 Å². The fraction of sp³-hybridized carbons (Fsp3) is 0.174. The maximum absolute atomic E-state index is 12.4. The molecule has 0 atom stereocenters. The van der Waals surface area contributed by atoms with Crippen LogP contribution in [0.5, 0.6) is 5.75 Å². The number of hydrogen-bond acceptors (Lipinski definition) is 4. The Morgan fingerprint density at radius 1 is 1.00 bits per heavy atom. The first kappa shape index (κ1) is 18.7. The monoisotopic (exact) mass is 387 g/mol. The van der Waals surface area contributed by atoms with E-state index >= 15 is 0 Å². The van der Waals surface area contributed by atoms with Gasteiger partial charge >= 0.3 is 0 Å². The van der Waals surface area contributed by atoms with Crippen LogP contribution < -0.4 is 15.6 Å². The SMILES string of the molecule is O=C(CCn1cnc2ccccc2c1=O)NCCOc1ccc2ccccc2c1. The van der Waals surface area contributed by atoms with E-state index < -0.39 is 0 Å². The van der Waals surface area contributed by atoms with Crippen LogP contribution in [0.4, 0.5) is 0 Å². The highest BCUT2D eigenvalue weighted by Gasteiger charge is 2.06. The van der Waals surface area contributed by atoms with E-state index in [9.17, 15) is 9.59 Å². The number of para-hydroxylation sites is 1. The van der Waals surface area contributed by atoms with Crippen molar-refractivity contribution in [1.82, 2.24) is 14.9 Å². The molecule has 0 aliphatic heterocycles.